The van der Waals surface area contributed by atoms with Gasteiger partial charge in [0, 0.05) is 23.4 Å². The number of carbonyl (C=O) groups excluding carboxylic acids is 1. The predicted molar refractivity (Wildman–Crippen MR) is 90.9 cm³/mol. The Labute approximate surface area is 136 Å². The third kappa shape index (κ3) is 6.29. The van der Waals surface area contributed by atoms with Gasteiger partial charge in [-0.1, -0.05) is 42.6 Å². The summed E-state index contributed by atoms with van der Waals surface area (Å²) < 4.78 is 0. The van der Waals surface area contributed by atoms with E-state index in [1.165, 1.54) is 19.3 Å². The standard InChI is InChI=1S/C16H23ClN2OS/c17-15-8-4-3-6-13(15)11-21-12-16(20)19-10-14-7-2-1-5-9-18-14/h3-4,6,8,14,18H,1-2,5,7,9-12H2,(H,19,20)/t14-/m1/s1. The number of hydrogen-bond donors (Lipinski definition) is 2. The molecule has 0 aliphatic carbocycles. The van der Waals surface area contributed by atoms with Crippen LogP contribution in [0.15, 0.2) is 24.3 Å². The molecule has 3 nitrogen and oxygen atoms in total. The Hall–Kier alpha value is -0.710. The van der Waals surface area contributed by atoms with E-state index in [1.807, 2.05) is 24.3 Å². The molecule has 0 radical (unpaired) electrons. The predicted octanol–water partition coefficient (Wildman–Crippen LogP) is 3.22. The van der Waals surface area contributed by atoms with Crippen molar-refractivity contribution in [3.63, 3.8) is 0 Å². The SMILES string of the molecule is O=C(CSCc1ccccc1Cl)NC[C@H]1CCCCCN1. The van der Waals surface area contributed by atoms with Crippen LogP contribution in [0.3, 0.4) is 0 Å². The van der Waals surface area contributed by atoms with E-state index in [1.54, 1.807) is 11.8 Å². The zero-order chi connectivity index (χ0) is 14.9. The van der Waals surface area contributed by atoms with Gasteiger partial charge in [0.15, 0.2) is 0 Å². The van der Waals surface area contributed by atoms with Crippen molar-refractivity contribution >= 4 is 29.3 Å². The third-order valence-corrected chi connectivity index (χ3v) is 5.01. The van der Waals surface area contributed by atoms with Gasteiger partial charge in [-0.25, -0.2) is 0 Å². The van der Waals surface area contributed by atoms with Crippen LogP contribution in [0, 0.1) is 0 Å². The highest BCUT2D eigenvalue weighted by Gasteiger charge is 2.12. The highest BCUT2D eigenvalue weighted by Crippen LogP contribution is 2.20. The number of benzene rings is 1. The molecule has 0 bridgehead atoms. The first-order chi connectivity index (χ1) is 10.3. The van der Waals surface area contributed by atoms with Gasteiger partial charge in [0.05, 0.1) is 5.75 Å². The van der Waals surface area contributed by atoms with Crippen LogP contribution in [0.4, 0.5) is 0 Å². The van der Waals surface area contributed by atoms with E-state index in [4.69, 9.17) is 11.6 Å². The van der Waals surface area contributed by atoms with Gasteiger partial charge in [0.2, 0.25) is 5.91 Å². The van der Waals surface area contributed by atoms with Crippen molar-refractivity contribution in [2.24, 2.45) is 0 Å². The Bertz CT molecular complexity index is 448. The van der Waals surface area contributed by atoms with Crippen LogP contribution >= 0.6 is 23.4 Å². The second kappa shape index (κ2) is 9.34. The number of halogens is 1. The quantitative estimate of drug-likeness (QED) is 0.843. The van der Waals surface area contributed by atoms with Crippen molar-refractivity contribution in [2.75, 3.05) is 18.8 Å². The molecule has 1 amide bonds. The smallest absolute Gasteiger partial charge is 0.230 e. The summed E-state index contributed by atoms with van der Waals surface area (Å²) in [6, 6.07) is 8.21. The highest BCUT2D eigenvalue weighted by molar-refractivity contribution is 7.99. The number of amides is 1. The summed E-state index contributed by atoms with van der Waals surface area (Å²) in [7, 11) is 0. The average Bonchev–Trinajstić information content (AvgIpc) is 2.76. The number of hydrogen-bond acceptors (Lipinski definition) is 3. The maximum absolute atomic E-state index is 11.9. The van der Waals surface area contributed by atoms with Gasteiger partial charge < -0.3 is 10.6 Å². The molecule has 1 atom stereocenters. The van der Waals surface area contributed by atoms with Crippen LogP contribution in [0.5, 0.6) is 0 Å². The number of thioether (sulfide) groups is 1. The summed E-state index contributed by atoms with van der Waals surface area (Å²) in [6.07, 6.45) is 4.96. The zero-order valence-electron chi connectivity index (χ0n) is 12.2. The average molecular weight is 327 g/mol. The van der Waals surface area contributed by atoms with Gasteiger partial charge in [-0.05, 0) is 31.0 Å². The molecule has 21 heavy (non-hydrogen) atoms. The number of nitrogens with one attached hydrogen (secondary N) is 2. The van der Waals surface area contributed by atoms with Crippen LogP contribution in [0.1, 0.15) is 31.2 Å². The second-order valence-corrected chi connectivity index (χ2v) is 6.78. The molecule has 0 spiro atoms. The molecule has 1 aromatic rings. The van der Waals surface area contributed by atoms with Crippen LogP contribution in [-0.2, 0) is 10.5 Å². The van der Waals surface area contributed by atoms with Gasteiger partial charge >= 0.3 is 0 Å². The summed E-state index contributed by atoms with van der Waals surface area (Å²) in [5.74, 6) is 1.37. The molecule has 2 rings (SSSR count). The molecule has 1 saturated heterocycles. The van der Waals surface area contributed by atoms with Gasteiger partial charge in [-0.3, -0.25) is 4.79 Å². The van der Waals surface area contributed by atoms with Crippen molar-refractivity contribution < 1.29 is 4.79 Å². The molecule has 0 aromatic heterocycles. The Morgan fingerprint density at radius 1 is 1.33 bits per heavy atom. The normalized spacial score (nSPS) is 19.0. The molecule has 0 unspecified atom stereocenters. The number of rotatable bonds is 6. The molecular weight excluding hydrogens is 304 g/mol. The van der Waals surface area contributed by atoms with Crippen molar-refractivity contribution in [3.05, 3.63) is 34.9 Å². The zero-order valence-corrected chi connectivity index (χ0v) is 13.8. The van der Waals surface area contributed by atoms with Crippen LogP contribution < -0.4 is 10.6 Å². The maximum Gasteiger partial charge on any atom is 0.230 e. The third-order valence-electron chi connectivity index (χ3n) is 3.66. The molecule has 116 valence electrons. The largest absolute Gasteiger partial charge is 0.354 e. The fourth-order valence-electron chi connectivity index (χ4n) is 2.43. The van der Waals surface area contributed by atoms with Crippen molar-refractivity contribution in [3.8, 4) is 0 Å². The van der Waals surface area contributed by atoms with Crippen LogP contribution in [-0.4, -0.2) is 30.8 Å². The molecule has 1 fully saturated rings. The van der Waals surface area contributed by atoms with Gasteiger partial charge in [0.1, 0.15) is 0 Å². The maximum atomic E-state index is 11.9. The van der Waals surface area contributed by atoms with E-state index < -0.39 is 0 Å². The molecule has 1 aliphatic heterocycles. The summed E-state index contributed by atoms with van der Waals surface area (Å²) >= 11 is 7.70. The van der Waals surface area contributed by atoms with Gasteiger partial charge in [-0.2, -0.15) is 0 Å². The summed E-state index contributed by atoms with van der Waals surface area (Å²) in [5.41, 5.74) is 1.09. The van der Waals surface area contributed by atoms with Crippen LogP contribution in [0.25, 0.3) is 0 Å². The molecular formula is C16H23ClN2OS. The fourth-order valence-corrected chi connectivity index (χ4v) is 3.58. The van der Waals surface area contributed by atoms with Crippen molar-refractivity contribution in [2.45, 2.75) is 37.5 Å². The monoisotopic (exact) mass is 326 g/mol. The highest BCUT2D eigenvalue weighted by atomic mass is 35.5. The van der Waals surface area contributed by atoms with Gasteiger partial charge in [-0.15, -0.1) is 11.8 Å². The molecule has 0 saturated carbocycles. The minimum atomic E-state index is 0.109. The molecule has 5 heteroatoms. The van der Waals surface area contributed by atoms with Gasteiger partial charge in [0.25, 0.3) is 0 Å². The first-order valence-corrected chi connectivity index (χ1v) is 9.10. The molecule has 1 aliphatic rings. The summed E-state index contributed by atoms with van der Waals surface area (Å²) in [4.78, 5) is 11.9. The van der Waals surface area contributed by atoms with E-state index in [0.717, 1.165) is 35.8 Å². The second-order valence-electron chi connectivity index (χ2n) is 5.39. The Balaban J connectivity index is 1.62. The van der Waals surface area contributed by atoms with E-state index in [0.29, 0.717) is 11.8 Å². The topological polar surface area (TPSA) is 41.1 Å². The lowest BCUT2D eigenvalue weighted by molar-refractivity contribution is -0.118. The Kier molecular flexibility index (Phi) is 7.41. The van der Waals surface area contributed by atoms with E-state index in [2.05, 4.69) is 10.6 Å². The van der Waals surface area contributed by atoms with E-state index >= 15 is 0 Å². The first-order valence-electron chi connectivity index (χ1n) is 7.57. The fraction of sp³-hybridized carbons (Fsp3) is 0.562. The Morgan fingerprint density at radius 2 is 2.19 bits per heavy atom. The molecule has 1 heterocycles. The Morgan fingerprint density at radius 3 is 3.05 bits per heavy atom. The van der Waals surface area contributed by atoms with E-state index in [-0.39, 0.29) is 5.91 Å². The summed E-state index contributed by atoms with van der Waals surface area (Å²) in [5, 5.41) is 7.28. The molecule has 2 N–H and O–H groups in total. The van der Waals surface area contributed by atoms with E-state index in [9.17, 15) is 4.79 Å². The number of carbonyl (C=O) groups is 1. The first kappa shape index (κ1) is 16.7. The van der Waals surface area contributed by atoms with Crippen LogP contribution in [0.2, 0.25) is 5.02 Å². The minimum absolute atomic E-state index is 0.109. The van der Waals surface area contributed by atoms with Crippen molar-refractivity contribution in [1.82, 2.24) is 10.6 Å². The van der Waals surface area contributed by atoms with Crippen molar-refractivity contribution in [1.29, 1.82) is 0 Å². The lowest BCUT2D eigenvalue weighted by Gasteiger charge is -2.16. The minimum Gasteiger partial charge on any atom is -0.354 e. The summed E-state index contributed by atoms with van der Waals surface area (Å²) in [6.45, 7) is 1.81. The molecule has 1 aromatic carbocycles. The lowest BCUT2D eigenvalue weighted by atomic mass is 10.1. The lowest BCUT2D eigenvalue weighted by Crippen LogP contribution is -2.41.